The van der Waals surface area contributed by atoms with Crippen LogP contribution in [0.1, 0.15) is 27.3 Å². The summed E-state index contributed by atoms with van der Waals surface area (Å²) in [4.78, 5) is 21.4. The van der Waals surface area contributed by atoms with Crippen molar-refractivity contribution in [2.45, 2.75) is 13.8 Å². The molecule has 0 amide bonds. The van der Waals surface area contributed by atoms with Crippen LogP contribution in [-0.2, 0) is 0 Å². The summed E-state index contributed by atoms with van der Waals surface area (Å²) in [6, 6.07) is 15.1. The number of nitrogens with zero attached hydrogens (tertiary/aromatic N) is 2. The van der Waals surface area contributed by atoms with Gasteiger partial charge in [-0.25, -0.2) is 9.97 Å². The van der Waals surface area contributed by atoms with Crippen LogP contribution in [-0.4, -0.2) is 15.8 Å². The Kier molecular flexibility index (Phi) is 3.03. The highest BCUT2D eigenvalue weighted by molar-refractivity contribution is 6.09. The van der Waals surface area contributed by atoms with Crippen LogP contribution >= 0.6 is 0 Å². The van der Waals surface area contributed by atoms with Crippen LogP contribution in [0.4, 0.5) is 0 Å². The first-order valence-corrected chi connectivity index (χ1v) is 6.50. The van der Waals surface area contributed by atoms with Crippen molar-refractivity contribution >= 4 is 16.8 Å². The minimum Gasteiger partial charge on any atom is -0.287 e. The molecule has 0 N–H and O–H groups in total. The number of hydrogen-bond acceptors (Lipinski definition) is 3. The Labute approximate surface area is 117 Å². The van der Waals surface area contributed by atoms with Gasteiger partial charge in [0.15, 0.2) is 0 Å². The quantitative estimate of drug-likeness (QED) is 0.664. The molecule has 1 aromatic heterocycles. The molecule has 0 aliphatic heterocycles. The summed E-state index contributed by atoms with van der Waals surface area (Å²) < 4.78 is 0. The van der Waals surface area contributed by atoms with Crippen LogP contribution in [0.2, 0.25) is 0 Å². The van der Waals surface area contributed by atoms with Crippen LogP contribution in [0.25, 0.3) is 11.0 Å². The molecule has 98 valence electrons. The van der Waals surface area contributed by atoms with Crippen molar-refractivity contribution < 1.29 is 4.79 Å². The van der Waals surface area contributed by atoms with Gasteiger partial charge in [0.25, 0.3) is 0 Å². The average molecular weight is 262 g/mol. The molecule has 3 aromatic rings. The predicted molar refractivity (Wildman–Crippen MR) is 78.9 cm³/mol. The Balaban J connectivity index is 2.11. The van der Waals surface area contributed by atoms with Gasteiger partial charge in [0.05, 0.1) is 16.7 Å². The molecule has 0 aliphatic rings. The molecule has 0 aliphatic carbocycles. The Morgan fingerprint density at radius 2 is 1.45 bits per heavy atom. The van der Waals surface area contributed by atoms with E-state index in [1.807, 2.05) is 62.4 Å². The van der Waals surface area contributed by atoms with Crippen molar-refractivity contribution in [1.82, 2.24) is 9.97 Å². The molecule has 3 nitrogen and oxygen atoms in total. The maximum Gasteiger partial charge on any atom is 0.213 e. The molecular weight excluding hydrogens is 248 g/mol. The van der Waals surface area contributed by atoms with E-state index in [-0.39, 0.29) is 5.78 Å². The number of fused-ring (bicyclic) bond motifs is 1. The highest BCUT2D eigenvalue weighted by Gasteiger charge is 2.15. The highest BCUT2D eigenvalue weighted by atomic mass is 16.1. The zero-order valence-electron chi connectivity index (χ0n) is 11.4. The van der Waals surface area contributed by atoms with E-state index >= 15 is 0 Å². The first-order valence-electron chi connectivity index (χ1n) is 6.50. The Hall–Kier alpha value is -2.55. The summed E-state index contributed by atoms with van der Waals surface area (Å²) in [7, 11) is 0. The molecule has 0 unspecified atom stereocenters. The van der Waals surface area contributed by atoms with E-state index < -0.39 is 0 Å². The van der Waals surface area contributed by atoms with Gasteiger partial charge in [-0.2, -0.15) is 0 Å². The number of para-hydroxylation sites is 2. The summed E-state index contributed by atoms with van der Waals surface area (Å²) in [6.45, 7) is 3.82. The van der Waals surface area contributed by atoms with Gasteiger partial charge in [0, 0.05) is 5.56 Å². The van der Waals surface area contributed by atoms with E-state index in [4.69, 9.17) is 0 Å². The highest BCUT2D eigenvalue weighted by Crippen LogP contribution is 2.16. The SMILES string of the molecule is Cc1ccc(C(=O)c2nc3ccccc3nc2C)cc1. The third kappa shape index (κ3) is 2.18. The molecule has 2 aromatic carbocycles. The monoisotopic (exact) mass is 262 g/mol. The second kappa shape index (κ2) is 4.85. The zero-order chi connectivity index (χ0) is 14.1. The lowest BCUT2D eigenvalue weighted by Gasteiger charge is -2.06. The number of hydrogen-bond donors (Lipinski definition) is 0. The van der Waals surface area contributed by atoms with Gasteiger partial charge in [0.2, 0.25) is 5.78 Å². The standard InChI is InChI=1S/C17H14N2O/c1-11-7-9-13(10-8-11)17(20)16-12(2)18-14-5-3-4-6-15(14)19-16/h3-10H,1-2H3. The number of benzene rings is 2. The van der Waals surface area contributed by atoms with Gasteiger partial charge in [-0.15, -0.1) is 0 Å². The van der Waals surface area contributed by atoms with Crippen LogP contribution in [0, 0.1) is 13.8 Å². The molecule has 0 fully saturated rings. The summed E-state index contributed by atoms with van der Waals surface area (Å²) in [6.07, 6.45) is 0. The molecule has 0 atom stereocenters. The van der Waals surface area contributed by atoms with Gasteiger partial charge >= 0.3 is 0 Å². The van der Waals surface area contributed by atoms with E-state index in [2.05, 4.69) is 9.97 Å². The lowest BCUT2D eigenvalue weighted by Crippen LogP contribution is -2.08. The maximum absolute atomic E-state index is 12.5. The van der Waals surface area contributed by atoms with Crippen LogP contribution in [0.5, 0.6) is 0 Å². The van der Waals surface area contributed by atoms with E-state index in [9.17, 15) is 4.79 Å². The molecule has 1 heterocycles. The molecule has 20 heavy (non-hydrogen) atoms. The van der Waals surface area contributed by atoms with Crippen molar-refractivity contribution in [3.05, 3.63) is 71.0 Å². The lowest BCUT2D eigenvalue weighted by molar-refractivity contribution is 0.103. The number of rotatable bonds is 2. The molecule has 0 bridgehead atoms. The molecular formula is C17H14N2O. The zero-order valence-corrected chi connectivity index (χ0v) is 11.4. The van der Waals surface area contributed by atoms with Gasteiger partial charge in [0.1, 0.15) is 5.69 Å². The van der Waals surface area contributed by atoms with E-state index in [1.165, 1.54) is 0 Å². The number of aromatic nitrogens is 2. The van der Waals surface area contributed by atoms with Crippen LogP contribution < -0.4 is 0 Å². The van der Waals surface area contributed by atoms with Gasteiger partial charge in [-0.3, -0.25) is 4.79 Å². The van der Waals surface area contributed by atoms with E-state index in [0.717, 1.165) is 16.6 Å². The second-order valence-corrected chi connectivity index (χ2v) is 4.84. The Bertz CT molecular complexity index is 792. The van der Waals surface area contributed by atoms with E-state index in [0.29, 0.717) is 17.0 Å². The van der Waals surface area contributed by atoms with Crippen molar-refractivity contribution in [2.24, 2.45) is 0 Å². The van der Waals surface area contributed by atoms with Crippen LogP contribution in [0.3, 0.4) is 0 Å². The van der Waals surface area contributed by atoms with Crippen molar-refractivity contribution in [3.63, 3.8) is 0 Å². The molecule has 0 radical (unpaired) electrons. The molecule has 3 heteroatoms. The van der Waals surface area contributed by atoms with Crippen molar-refractivity contribution in [2.75, 3.05) is 0 Å². The first-order chi connectivity index (χ1) is 9.65. The number of aryl methyl sites for hydroxylation is 2. The summed E-state index contributed by atoms with van der Waals surface area (Å²) >= 11 is 0. The third-order valence-electron chi connectivity index (χ3n) is 3.27. The van der Waals surface area contributed by atoms with Crippen molar-refractivity contribution in [1.29, 1.82) is 0 Å². The smallest absolute Gasteiger partial charge is 0.213 e. The maximum atomic E-state index is 12.5. The minimum absolute atomic E-state index is 0.0826. The van der Waals surface area contributed by atoms with Crippen molar-refractivity contribution in [3.8, 4) is 0 Å². The molecule has 0 saturated carbocycles. The third-order valence-corrected chi connectivity index (χ3v) is 3.27. The first kappa shape index (κ1) is 12.5. The van der Waals surface area contributed by atoms with Crippen LogP contribution in [0.15, 0.2) is 48.5 Å². The van der Waals surface area contributed by atoms with Gasteiger partial charge < -0.3 is 0 Å². The number of carbonyl (C=O) groups excluding carboxylic acids is 1. The normalized spacial score (nSPS) is 10.7. The fraction of sp³-hybridized carbons (Fsp3) is 0.118. The Morgan fingerprint density at radius 3 is 2.10 bits per heavy atom. The number of ketones is 1. The predicted octanol–water partition coefficient (Wildman–Crippen LogP) is 3.48. The van der Waals surface area contributed by atoms with Gasteiger partial charge in [-0.1, -0.05) is 42.0 Å². The minimum atomic E-state index is -0.0826. The van der Waals surface area contributed by atoms with Gasteiger partial charge in [-0.05, 0) is 26.0 Å². The summed E-state index contributed by atoms with van der Waals surface area (Å²) in [5.74, 6) is -0.0826. The average Bonchev–Trinajstić information content (AvgIpc) is 2.46. The lowest BCUT2D eigenvalue weighted by atomic mass is 10.0. The fourth-order valence-corrected chi connectivity index (χ4v) is 2.14. The fourth-order valence-electron chi connectivity index (χ4n) is 2.14. The molecule has 0 spiro atoms. The second-order valence-electron chi connectivity index (χ2n) is 4.84. The number of carbonyl (C=O) groups is 1. The summed E-state index contributed by atoms with van der Waals surface area (Å²) in [5.41, 5.74) is 4.41. The largest absolute Gasteiger partial charge is 0.287 e. The molecule has 3 rings (SSSR count). The topological polar surface area (TPSA) is 42.9 Å². The molecule has 0 saturated heterocycles. The van der Waals surface area contributed by atoms with E-state index in [1.54, 1.807) is 0 Å². The Morgan fingerprint density at radius 1 is 0.850 bits per heavy atom. The summed E-state index contributed by atoms with van der Waals surface area (Å²) in [5, 5.41) is 0.